The van der Waals surface area contributed by atoms with Crippen molar-refractivity contribution in [2.75, 3.05) is 7.11 Å². The fourth-order valence-electron chi connectivity index (χ4n) is 1.74. The molecule has 2 aromatic carbocycles. The van der Waals surface area contributed by atoms with E-state index in [0.29, 0.717) is 17.1 Å². The largest absolute Gasteiger partial charge is 0.497 e. The van der Waals surface area contributed by atoms with E-state index in [0.717, 1.165) is 0 Å². The van der Waals surface area contributed by atoms with Crippen molar-refractivity contribution in [2.45, 2.75) is 6.61 Å². The summed E-state index contributed by atoms with van der Waals surface area (Å²) >= 11 is 4.90. The molecule has 0 amide bonds. The van der Waals surface area contributed by atoms with Gasteiger partial charge in [-0.25, -0.2) is 8.78 Å². The lowest BCUT2D eigenvalue weighted by Crippen LogP contribution is -2.10. The molecule has 0 aliphatic heterocycles. The summed E-state index contributed by atoms with van der Waals surface area (Å²) in [5.74, 6) is -0.468. The van der Waals surface area contributed by atoms with Crippen LogP contribution in [0.5, 0.6) is 11.5 Å². The van der Waals surface area contributed by atoms with Crippen molar-refractivity contribution >= 4 is 17.2 Å². The smallest absolute Gasteiger partial charge is 0.132 e. The number of hydrogen-bond acceptors (Lipinski definition) is 3. The first-order valence-electron chi connectivity index (χ1n) is 6.06. The minimum atomic E-state index is -0.660. The molecule has 0 bridgehead atoms. The fraction of sp³-hybridized carbons (Fsp3) is 0.133. The first kappa shape index (κ1) is 15.2. The van der Waals surface area contributed by atoms with E-state index in [1.54, 1.807) is 18.2 Å². The van der Waals surface area contributed by atoms with Crippen molar-refractivity contribution in [3.63, 3.8) is 0 Å². The zero-order chi connectivity index (χ0) is 15.4. The topological polar surface area (TPSA) is 44.5 Å². The second-order valence-electron chi connectivity index (χ2n) is 4.25. The van der Waals surface area contributed by atoms with E-state index in [1.807, 2.05) is 0 Å². The van der Waals surface area contributed by atoms with Crippen LogP contribution >= 0.6 is 12.2 Å². The summed E-state index contributed by atoms with van der Waals surface area (Å²) < 4.78 is 37.6. The van der Waals surface area contributed by atoms with Crippen LogP contribution in [0.1, 0.15) is 11.1 Å². The minimum Gasteiger partial charge on any atom is -0.497 e. The van der Waals surface area contributed by atoms with Gasteiger partial charge < -0.3 is 15.2 Å². The maximum absolute atomic E-state index is 13.5. The van der Waals surface area contributed by atoms with Crippen LogP contribution in [0.3, 0.4) is 0 Å². The summed E-state index contributed by atoms with van der Waals surface area (Å²) in [4.78, 5) is 0.177. The molecule has 0 saturated heterocycles. The quantitative estimate of drug-likeness (QED) is 0.862. The van der Waals surface area contributed by atoms with Gasteiger partial charge in [0.05, 0.1) is 12.7 Å². The van der Waals surface area contributed by atoms with E-state index in [9.17, 15) is 8.78 Å². The maximum atomic E-state index is 13.5. The van der Waals surface area contributed by atoms with Crippen LogP contribution in [0, 0.1) is 11.6 Å². The summed E-state index contributed by atoms with van der Waals surface area (Å²) in [5.41, 5.74) is 5.97. The highest BCUT2D eigenvalue weighted by molar-refractivity contribution is 7.80. The van der Waals surface area contributed by atoms with Crippen LogP contribution in [0.15, 0.2) is 36.4 Å². The van der Waals surface area contributed by atoms with Gasteiger partial charge in [0.1, 0.15) is 34.7 Å². The van der Waals surface area contributed by atoms with Gasteiger partial charge in [-0.1, -0.05) is 18.3 Å². The molecule has 3 nitrogen and oxygen atoms in total. The Morgan fingerprint density at radius 1 is 1.14 bits per heavy atom. The molecule has 0 aromatic heterocycles. The SMILES string of the molecule is COc1cc(OCc2c(F)cccc2F)cc(C(N)=S)c1. The minimum absolute atomic E-state index is 0.141. The van der Waals surface area contributed by atoms with Crippen LogP contribution in [-0.2, 0) is 6.61 Å². The van der Waals surface area contributed by atoms with Gasteiger partial charge in [0.2, 0.25) is 0 Å². The lowest BCUT2D eigenvalue weighted by atomic mass is 10.2. The maximum Gasteiger partial charge on any atom is 0.132 e. The number of nitrogens with two attached hydrogens (primary N) is 1. The number of rotatable bonds is 5. The molecular weight excluding hydrogens is 296 g/mol. The van der Waals surface area contributed by atoms with Crippen molar-refractivity contribution in [1.82, 2.24) is 0 Å². The summed E-state index contributed by atoms with van der Waals surface area (Å²) in [5, 5.41) is 0. The molecule has 0 spiro atoms. The predicted molar refractivity (Wildman–Crippen MR) is 79.6 cm³/mol. The predicted octanol–water partition coefficient (Wildman–Crippen LogP) is 3.19. The van der Waals surface area contributed by atoms with Crippen LogP contribution < -0.4 is 15.2 Å². The lowest BCUT2D eigenvalue weighted by Gasteiger charge is -2.11. The van der Waals surface area contributed by atoms with Gasteiger partial charge in [0.15, 0.2) is 0 Å². The van der Waals surface area contributed by atoms with E-state index in [-0.39, 0.29) is 17.2 Å². The molecule has 0 fully saturated rings. The third kappa shape index (κ3) is 3.66. The van der Waals surface area contributed by atoms with Gasteiger partial charge in [-0.2, -0.15) is 0 Å². The highest BCUT2D eigenvalue weighted by Gasteiger charge is 2.10. The zero-order valence-corrected chi connectivity index (χ0v) is 12.0. The van der Waals surface area contributed by atoms with Gasteiger partial charge >= 0.3 is 0 Å². The molecule has 2 N–H and O–H groups in total. The van der Waals surface area contributed by atoms with Crippen molar-refractivity contribution < 1.29 is 18.3 Å². The Morgan fingerprint density at radius 2 is 1.76 bits per heavy atom. The van der Waals surface area contributed by atoms with Gasteiger partial charge in [-0.15, -0.1) is 0 Å². The lowest BCUT2D eigenvalue weighted by molar-refractivity contribution is 0.290. The third-order valence-corrected chi connectivity index (χ3v) is 3.08. The molecule has 21 heavy (non-hydrogen) atoms. The highest BCUT2D eigenvalue weighted by Crippen LogP contribution is 2.24. The zero-order valence-electron chi connectivity index (χ0n) is 11.2. The molecule has 110 valence electrons. The average Bonchev–Trinajstić information content (AvgIpc) is 2.46. The molecule has 0 aliphatic carbocycles. The highest BCUT2D eigenvalue weighted by atomic mass is 32.1. The van der Waals surface area contributed by atoms with E-state index >= 15 is 0 Å². The molecule has 2 rings (SSSR count). The van der Waals surface area contributed by atoms with Crippen LogP contribution in [0.25, 0.3) is 0 Å². The van der Waals surface area contributed by atoms with Crippen molar-refractivity contribution in [3.8, 4) is 11.5 Å². The molecule has 0 radical (unpaired) electrons. The van der Waals surface area contributed by atoms with E-state index in [2.05, 4.69) is 0 Å². The standard InChI is InChI=1S/C15H13F2NO2S/c1-19-10-5-9(15(18)21)6-11(7-10)20-8-12-13(16)3-2-4-14(12)17/h2-7H,8H2,1H3,(H2,18,21). The van der Waals surface area contributed by atoms with E-state index < -0.39 is 11.6 Å². The van der Waals surface area contributed by atoms with Gasteiger partial charge in [-0.05, 0) is 24.3 Å². The van der Waals surface area contributed by atoms with E-state index in [4.69, 9.17) is 27.4 Å². The Kier molecular flexibility index (Phi) is 4.70. The van der Waals surface area contributed by atoms with E-state index in [1.165, 1.54) is 25.3 Å². The Morgan fingerprint density at radius 3 is 2.33 bits per heavy atom. The molecule has 0 atom stereocenters. The normalized spacial score (nSPS) is 10.2. The monoisotopic (exact) mass is 309 g/mol. The van der Waals surface area contributed by atoms with Gasteiger partial charge in [-0.3, -0.25) is 0 Å². The summed E-state index contributed by atoms with van der Waals surface area (Å²) in [6, 6.07) is 8.47. The van der Waals surface area contributed by atoms with Crippen LogP contribution in [-0.4, -0.2) is 12.1 Å². The molecule has 6 heteroatoms. The molecule has 0 unspecified atom stereocenters. The number of hydrogen-bond donors (Lipinski definition) is 1. The van der Waals surface area contributed by atoms with Crippen LogP contribution in [0.2, 0.25) is 0 Å². The van der Waals surface area contributed by atoms with Crippen molar-refractivity contribution in [3.05, 3.63) is 59.2 Å². The second kappa shape index (κ2) is 6.49. The first-order chi connectivity index (χ1) is 10.0. The molecular formula is C15H13F2NO2S. The van der Waals surface area contributed by atoms with Gasteiger partial charge in [0, 0.05) is 11.6 Å². The summed E-state index contributed by atoms with van der Waals surface area (Å²) in [6.45, 7) is -0.248. The number of thiocarbonyl (C=S) groups is 1. The molecule has 0 aliphatic rings. The Hall–Kier alpha value is -2.21. The van der Waals surface area contributed by atoms with Crippen LogP contribution in [0.4, 0.5) is 8.78 Å². The third-order valence-electron chi connectivity index (χ3n) is 2.85. The van der Waals surface area contributed by atoms with Crippen molar-refractivity contribution in [1.29, 1.82) is 0 Å². The van der Waals surface area contributed by atoms with Gasteiger partial charge in [0.25, 0.3) is 0 Å². The number of halogens is 2. The number of benzene rings is 2. The molecule has 2 aromatic rings. The Bertz CT molecular complexity index is 656. The molecule has 0 saturated carbocycles. The fourth-order valence-corrected chi connectivity index (χ4v) is 1.86. The van der Waals surface area contributed by atoms with Crippen molar-refractivity contribution in [2.24, 2.45) is 5.73 Å². The average molecular weight is 309 g/mol. The number of methoxy groups -OCH3 is 1. The summed E-state index contributed by atoms with van der Waals surface area (Å²) in [7, 11) is 1.49. The first-order valence-corrected chi connectivity index (χ1v) is 6.46. The number of ether oxygens (including phenoxy) is 2. The second-order valence-corrected chi connectivity index (χ2v) is 4.69. The summed E-state index contributed by atoms with van der Waals surface area (Å²) in [6.07, 6.45) is 0. The molecule has 0 heterocycles. The Balaban J connectivity index is 2.23. The Labute approximate surface area is 126 Å².